The quantitative estimate of drug-likeness (QED) is 0.623. The first kappa shape index (κ1) is 14.7. The van der Waals surface area contributed by atoms with E-state index in [0.717, 1.165) is 12.8 Å². The number of benzene rings is 1. The van der Waals surface area contributed by atoms with E-state index in [9.17, 15) is 4.91 Å². The van der Waals surface area contributed by atoms with Gasteiger partial charge in [-0.25, -0.2) is 9.97 Å². The molecule has 1 aromatic heterocycles. The minimum Gasteiger partial charge on any atom is -0.493 e. The molecular formula is C14H17N5O2. The second kappa shape index (κ2) is 6.65. The third-order valence-corrected chi connectivity index (χ3v) is 2.91. The van der Waals surface area contributed by atoms with Crippen molar-refractivity contribution < 1.29 is 4.74 Å². The summed E-state index contributed by atoms with van der Waals surface area (Å²) in [5.41, 5.74) is 11.9. The Morgan fingerprint density at radius 3 is 2.48 bits per heavy atom. The highest BCUT2D eigenvalue weighted by Gasteiger charge is 2.14. The van der Waals surface area contributed by atoms with E-state index in [2.05, 4.69) is 22.1 Å². The van der Waals surface area contributed by atoms with Gasteiger partial charge in [0.05, 0.1) is 12.2 Å². The zero-order chi connectivity index (χ0) is 15.2. The first-order chi connectivity index (χ1) is 10.2. The SMILES string of the molecule is CCCCOc1ccccc1-c1nc(N)c(N=O)c(N)n1. The van der Waals surface area contributed by atoms with Crippen molar-refractivity contribution in [2.75, 3.05) is 18.1 Å². The van der Waals surface area contributed by atoms with Crippen LogP contribution in [0, 0.1) is 4.91 Å². The predicted molar refractivity (Wildman–Crippen MR) is 82.2 cm³/mol. The molecule has 2 rings (SSSR count). The average molecular weight is 287 g/mol. The summed E-state index contributed by atoms with van der Waals surface area (Å²) in [5, 5.41) is 2.73. The van der Waals surface area contributed by atoms with Crippen LogP contribution < -0.4 is 16.2 Å². The summed E-state index contributed by atoms with van der Waals surface area (Å²) in [4.78, 5) is 18.8. The summed E-state index contributed by atoms with van der Waals surface area (Å²) < 4.78 is 5.72. The maximum Gasteiger partial charge on any atom is 0.192 e. The number of hydrogen-bond donors (Lipinski definition) is 2. The maximum absolute atomic E-state index is 10.6. The Labute approximate surface area is 122 Å². The number of rotatable bonds is 6. The van der Waals surface area contributed by atoms with Crippen LogP contribution in [0.15, 0.2) is 29.4 Å². The van der Waals surface area contributed by atoms with Gasteiger partial charge in [0, 0.05) is 0 Å². The number of nitrogens with two attached hydrogens (primary N) is 2. The highest BCUT2D eigenvalue weighted by molar-refractivity contribution is 5.75. The molecule has 7 heteroatoms. The van der Waals surface area contributed by atoms with E-state index in [4.69, 9.17) is 16.2 Å². The molecule has 2 aromatic rings. The van der Waals surface area contributed by atoms with Gasteiger partial charge in [-0.2, -0.15) is 0 Å². The Balaban J connectivity index is 2.40. The van der Waals surface area contributed by atoms with E-state index in [-0.39, 0.29) is 17.3 Å². The van der Waals surface area contributed by atoms with Crippen LogP contribution in [-0.2, 0) is 0 Å². The van der Waals surface area contributed by atoms with Crippen LogP contribution in [0.25, 0.3) is 11.4 Å². The largest absolute Gasteiger partial charge is 0.493 e. The maximum atomic E-state index is 10.6. The molecule has 0 atom stereocenters. The molecule has 0 unspecified atom stereocenters. The van der Waals surface area contributed by atoms with E-state index in [1.807, 2.05) is 24.3 Å². The second-order valence-electron chi connectivity index (χ2n) is 4.46. The van der Waals surface area contributed by atoms with Gasteiger partial charge in [0.25, 0.3) is 0 Å². The molecule has 7 nitrogen and oxygen atoms in total. The van der Waals surface area contributed by atoms with Gasteiger partial charge in [-0.1, -0.05) is 25.5 Å². The minimum absolute atomic E-state index is 0.0455. The normalized spacial score (nSPS) is 10.3. The van der Waals surface area contributed by atoms with Crippen LogP contribution in [0.3, 0.4) is 0 Å². The van der Waals surface area contributed by atoms with Gasteiger partial charge in [-0.3, -0.25) is 0 Å². The number of hydrogen-bond acceptors (Lipinski definition) is 7. The second-order valence-corrected chi connectivity index (χ2v) is 4.46. The molecule has 4 N–H and O–H groups in total. The van der Waals surface area contributed by atoms with Gasteiger partial charge in [-0.15, -0.1) is 4.91 Å². The fourth-order valence-electron chi connectivity index (χ4n) is 1.81. The van der Waals surface area contributed by atoms with E-state index in [1.54, 1.807) is 0 Å². The molecule has 110 valence electrons. The molecule has 0 radical (unpaired) electrons. The number of nitroso groups, excluding NO2 is 1. The van der Waals surface area contributed by atoms with Gasteiger partial charge in [0.1, 0.15) is 5.75 Å². The number of aromatic nitrogens is 2. The molecule has 0 saturated carbocycles. The smallest absolute Gasteiger partial charge is 0.192 e. The van der Waals surface area contributed by atoms with Crippen molar-refractivity contribution in [2.24, 2.45) is 5.18 Å². The van der Waals surface area contributed by atoms with Crippen LogP contribution in [0.2, 0.25) is 0 Å². The lowest BCUT2D eigenvalue weighted by Crippen LogP contribution is -2.03. The zero-order valence-corrected chi connectivity index (χ0v) is 11.7. The Bertz CT molecular complexity index is 622. The van der Waals surface area contributed by atoms with Crippen LogP contribution in [-0.4, -0.2) is 16.6 Å². The number of ether oxygens (including phenoxy) is 1. The Kier molecular flexibility index (Phi) is 4.65. The third kappa shape index (κ3) is 3.25. The Morgan fingerprint density at radius 1 is 1.19 bits per heavy atom. The highest BCUT2D eigenvalue weighted by Crippen LogP contribution is 2.32. The molecule has 1 heterocycles. The van der Waals surface area contributed by atoms with Crippen LogP contribution in [0.1, 0.15) is 19.8 Å². The molecule has 0 saturated heterocycles. The Morgan fingerprint density at radius 2 is 1.86 bits per heavy atom. The molecule has 1 aromatic carbocycles. The number of nitrogen functional groups attached to an aromatic ring is 2. The van der Waals surface area contributed by atoms with Crippen molar-refractivity contribution in [1.29, 1.82) is 0 Å². The van der Waals surface area contributed by atoms with Crippen molar-refractivity contribution in [3.05, 3.63) is 29.2 Å². The van der Waals surface area contributed by atoms with Crippen molar-refractivity contribution in [2.45, 2.75) is 19.8 Å². The summed E-state index contributed by atoms with van der Waals surface area (Å²) >= 11 is 0. The fourth-order valence-corrected chi connectivity index (χ4v) is 1.81. The van der Waals surface area contributed by atoms with Crippen LogP contribution >= 0.6 is 0 Å². The zero-order valence-electron chi connectivity index (χ0n) is 11.7. The van der Waals surface area contributed by atoms with Crippen molar-refractivity contribution in [3.8, 4) is 17.1 Å². The van der Waals surface area contributed by atoms with Gasteiger partial charge in [-0.05, 0) is 23.7 Å². The van der Waals surface area contributed by atoms with Gasteiger partial charge >= 0.3 is 0 Å². The standard InChI is InChI=1S/C14H17N5O2/c1-2-3-8-21-10-7-5-4-6-9(10)14-17-12(15)11(19-20)13(16)18-14/h4-7H,2-3,8H2,1H3,(H4,15,16,17,18). The summed E-state index contributed by atoms with van der Waals surface area (Å²) in [6.45, 7) is 2.69. The number of para-hydroxylation sites is 1. The van der Waals surface area contributed by atoms with Crippen LogP contribution in [0.4, 0.5) is 17.3 Å². The molecule has 0 aliphatic carbocycles. The summed E-state index contributed by atoms with van der Waals surface area (Å²) in [5.74, 6) is 0.868. The lowest BCUT2D eigenvalue weighted by atomic mass is 10.2. The van der Waals surface area contributed by atoms with E-state index < -0.39 is 0 Å². The first-order valence-corrected chi connectivity index (χ1v) is 6.66. The molecule has 0 aliphatic heterocycles. The lowest BCUT2D eigenvalue weighted by Gasteiger charge is -2.11. The average Bonchev–Trinajstić information content (AvgIpc) is 2.47. The van der Waals surface area contributed by atoms with Crippen molar-refractivity contribution in [1.82, 2.24) is 9.97 Å². The molecular weight excluding hydrogens is 270 g/mol. The van der Waals surface area contributed by atoms with E-state index >= 15 is 0 Å². The molecule has 0 aliphatic rings. The van der Waals surface area contributed by atoms with Crippen LogP contribution in [0.5, 0.6) is 5.75 Å². The van der Waals surface area contributed by atoms with Crippen molar-refractivity contribution >= 4 is 17.3 Å². The number of nitrogens with zero attached hydrogens (tertiary/aromatic N) is 3. The Hall–Kier alpha value is -2.70. The van der Waals surface area contributed by atoms with E-state index in [0.29, 0.717) is 23.7 Å². The third-order valence-electron chi connectivity index (χ3n) is 2.91. The first-order valence-electron chi connectivity index (χ1n) is 6.66. The molecule has 0 fully saturated rings. The summed E-state index contributed by atoms with van der Waals surface area (Å²) in [6, 6.07) is 7.33. The monoisotopic (exact) mass is 287 g/mol. The van der Waals surface area contributed by atoms with Gasteiger partial charge in [0.2, 0.25) is 0 Å². The van der Waals surface area contributed by atoms with E-state index in [1.165, 1.54) is 0 Å². The summed E-state index contributed by atoms with van der Waals surface area (Å²) in [6.07, 6.45) is 1.99. The van der Waals surface area contributed by atoms with Gasteiger partial charge in [0.15, 0.2) is 23.1 Å². The predicted octanol–water partition coefficient (Wildman–Crippen LogP) is 2.88. The topological polar surface area (TPSA) is 116 Å². The van der Waals surface area contributed by atoms with Crippen molar-refractivity contribution in [3.63, 3.8) is 0 Å². The summed E-state index contributed by atoms with van der Waals surface area (Å²) in [7, 11) is 0. The minimum atomic E-state index is -0.136. The fraction of sp³-hybridized carbons (Fsp3) is 0.286. The number of anilines is 2. The number of unbranched alkanes of at least 4 members (excludes halogenated alkanes) is 1. The molecule has 0 bridgehead atoms. The molecule has 0 amide bonds. The van der Waals surface area contributed by atoms with Gasteiger partial charge < -0.3 is 16.2 Å². The molecule has 21 heavy (non-hydrogen) atoms. The highest BCUT2D eigenvalue weighted by atomic mass is 16.5. The molecule has 0 spiro atoms. The lowest BCUT2D eigenvalue weighted by molar-refractivity contribution is 0.310.